The molecule has 6 heteroatoms. The van der Waals surface area contributed by atoms with Gasteiger partial charge in [0.25, 0.3) is 0 Å². The largest absolute Gasteiger partial charge is 0.493 e. The topological polar surface area (TPSA) is 57.0 Å². The summed E-state index contributed by atoms with van der Waals surface area (Å²) in [6.07, 6.45) is 2.10. The van der Waals surface area contributed by atoms with Gasteiger partial charge in [0.1, 0.15) is 5.71 Å². The number of methoxy groups -OCH3 is 3. The molecule has 0 aliphatic carbocycles. The lowest BCUT2D eigenvalue weighted by Crippen LogP contribution is -2.11. The van der Waals surface area contributed by atoms with E-state index in [2.05, 4.69) is 52.5 Å². The highest BCUT2D eigenvalue weighted by molar-refractivity contribution is 6.16. The summed E-state index contributed by atoms with van der Waals surface area (Å²) in [5, 5.41) is 5.69. The van der Waals surface area contributed by atoms with E-state index in [1.807, 2.05) is 12.1 Å². The zero-order chi connectivity index (χ0) is 19.4. The van der Waals surface area contributed by atoms with Crippen LogP contribution in [0, 0.1) is 0 Å². The molecule has 0 fully saturated rings. The van der Waals surface area contributed by atoms with Crippen molar-refractivity contribution in [2.24, 2.45) is 5.10 Å². The van der Waals surface area contributed by atoms with Gasteiger partial charge in [0, 0.05) is 41.8 Å². The first kappa shape index (κ1) is 18.6. The molecule has 0 unspecified atom stereocenters. The summed E-state index contributed by atoms with van der Waals surface area (Å²) in [6, 6.07) is 12.2. The molecule has 0 saturated heterocycles. The molecule has 1 aromatic heterocycles. The van der Waals surface area contributed by atoms with Gasteiger partial charge in [-0.2, -0.15) is 5.10 Å². The Bertz CT molecular complexity index is 976. The molecule has 27 heavy (non-hydrogen) atoms. The Labute approximate surface area is 159 Å². The Morgan fingerprint density at radius 1 is 1.00 bits per heavy atom. The van der Waals surface area contributed by atoms with Crippen molar-refractivity contribution in [3.05, 3.63) is 53.7 Å². The van der Waals surface area contributed by atoms with Crippen molar-refractivity contribution in [3.63, 3.8) is 0 Å². The van der Waals surface area contributed by atoms with E-state index in [-0.39, 0.29) is 0 Å². The van der Waals surface area contributed by atoms with Gasteiger partial charge in [-0.3, -0.25) is 0 Å². The second-order valence-corrected chi connectivity index (χ2v) is 5.94. The maximum Gasteiger partial charge on any atom is 0.203 e. The van der Waals surface area contributed by atoms with E-state index in [9.17, 15) is 0 Å². The van der Waals surface area contributed by atoms with Gasteiger partial charge in [-0.05, 0) is 37.3 Å². The second-order valence-electron chi connectivity index (χ2n) is 5.94. The SMILES string of the molecule is CCn1ccc2cc(/C(=N\NC)c3ccc(OC)c(OC)c3OC)ccc21. The van der Waals surface area contributed by atoms with Crippen LogP contribution in [0.3, 0.4) is 0 Å². The predicted molar refractivity (Wildman–Crippen MR) is 108 cm³/mol. The van der Waals surface area contributed by atoms with Gasteiger partial charge in [-0.1, -0.05) is 6.07 Å². The number of aryl methyl sites for hydroxylation is 1. The van der Waals surface area contributed by atoms with Gasteiger partial charge < -0.3 is 24.2 Å². The van der Waals surface area contributed by atoms with E-state index in [0.29, 0.717) is 17.2 Å². The second kappa shape index (κ2) is 8.03. The first-order chi connectivity index (χ1) is 13.2. The number of hydrogen-bond acceptors (Lipinski definition) is 5. The van der Waals surface area contributed by atoms with Crippen LogP contribution in [0.25, 0.3) is 10.9 Å². The molecule has 1 heterocycles. The molecule has 0 spiro atoms. The van der Waals surface area contributed by atoms with Crippen LogP contribution in [0.2, 0.25) is 0 Å². The number of fused-ring (bicyclic) bond motifs is 1. The third-order valence-electron chi connectivity index (χ3n) is 4.57. The standard InChI is InChI=1S/C21H25N3O3/c1-6-24-12-11-14-13-15(7-9-17(14)24)19(23-22-2)16-8-10-18(25-3)21(27-5)20(16)26-4/h7-13,22H,6H2,1-5H3/b23-19+. The highest BCUT2D eigenvalue weighted by atomic mass is 16.5. The summed E-state index contributed by atoms with van der Waals surface area (Å²) in [7, 11) is 6.59. The normalized spacial score (nSPS) is 11.5. The minimum absolute atomic E-state index is 0.541. The Morgan fingerprint density at radius 3 is 2.41 bits per heavy atom. The van der Waals surface area contributed by atoms with Crippen LogP contribution in [0.15, 0.2) is 47.7 Å². The molecule has 3 rings (SSSR count). The fourth-order valence-electron chi connectivity index (χ4n) is 3.30. The van der Waals surface area contributed by atoms with Crippen molar-refractivity contribution >= 4 is 16.6 Å². The highest BCUT2D eigenvalue weighted by Crippen LogP contribution is 2.40. The first-order valence-corrected chi connectivity index (χ1v) is 8.81. The smallest absolute Gasteiger partial charge is 0.203 e. The summed E-state index contributed by atoms with van der Waals surface area (Å²) in [5.74, 6) is 1.73. The zero-order valence-corrected chi connectivity index (χ0v) is 16.4. The van der Waals surface area contributed by atoms with Gasteiger partial charge in [0.2, 0.25) is 5.75 Å². The van der Waals surface area contributed by atoms with E-state index in [1.54, 1.807) is 28.4 Å². The molecule has 0 radical (unpaired) electrons. The van der Waals surface area contributed by atoms with Gasteiger partial charge >= 0.3 is 0 Å². The van der Waals surface area contributed by atoms with Crippen LogP contribution in [-0.4, -0.2) is 38.7 Å². The van der Waals surface area contributed by atoms with E-state index in [0.717, 1.165) is 28.8 Å². The molecule has 0 aliphatic rings. The Balaban J connectivity index is 2.18. The van der Waals surface area contributed by atoms with Crippen molar-refractivity contribution in [1.29, 1.82) is 0 Å². The van der Waals surface area contributed by atoms with Crippen molar-refractivity contribution in [2.75, 3.05) is 28.4 Å². The van der Waals surface area contributed by atoms with Crippen LogP contribution >= 0.6 is 0 Å². The summed E-state index contributed by atoms with van der Waals surface area (Å²) in [5.41, 5.74) is 6.67. The summed E-state index contributed by atoms with van der Waals surface area (Å²) in [4.78, 5) is 0. The average Bonchev–Trinajstić information content (AvgIpc) is 3.13. The van der Waals surface area contributed by atoms with Gasteiger partial charge in [-0.15, -0.1) is 0 Å². The Kier molecular flexibility index (Phi) is 5.54. The van der Waals surface area contributed by atoms with E-state index < -0.39 is 0 Å². The fraction of sp³-hybridized carbons (Fsp3) is 0.286. The number of rotatable bonds is 7. The lowest BCUT2D eigenvalue weighted by molar-refractivity contribution is 0.324. The molecule has 0 bridgehead atoms. The molecule has 6 nitrogen and oxygen atoms in total. The number of aromatic nitrogens is 1. The van der Waals surface area contributed by atoms with Gasteiger partial charge in [-0.25, -0.2) is 0 Å². The Hall–Kier alpha value is -3.15. The molecular formula is C21H25N3O3. The third-order valence-corrected chi connectivity index (χ3v) is 4.57. The average molecular weight is 367 g/mol. The van der Waals surface area contributed by atoms with Crippen LogP contribution in [0.4, 0.5) is 0 Å². The molecule has 1 N–H and O–H groups in total. The zero-order valence-electron chi connectivity index (χ0n) is 16.4. The predicted octanol–water partition coefficient (Wildman–Crippen LogP) is 3.66. The minimum Gasteiger partial charge on any atom is -0.493 e. The molecule has 0 atom stereocenters. The molecule has 0 amide bonds. The van der Waals surface area contributed by atoms with Crippen molar-refractivity contribution < 1.29 is 14.2 Å². The lowest BCUT2D eigenvalue weighted by atomic mass is 9.99. The van der Waals surface area contributed by atoms with E-state index in [1.165, 1.54) is 5.52 Å². The van der Waals surface area contributed by atoms with E-state index >= 15 is 0 Å². The third kappa shape index (κ3) is 3.30. The van der Waals surface area contributed by atoms with Gasteiger partial charge in [0.05, 0.1) is 21.3 Å². The van der Waals surface area contributed by atoms with Crippen LogP contribution in [-0.2, 0) is 6.54 Å². The summed E-state index contributed by atoms with van der Waals surface area (Å²) in [6.45, 7) is 3.07. The molecule has 0 aliphatic heterocycles. The maximum absolute atomic E-state index is 5.65. The van der Waals surface area contributed by atoms with Crippen LogP contribution < -0.4 is 19.6 Å². The van der Waals surface area contributed by atoms with Crippen LogP contribution in [0.5, 0.6) is 17.2 Å². The molecular weight excluding hydrogens is 342 g/mol. The first-order valence-electron chi connectivity index (χ1n) is 8.81. The van der Waals surface area contributed by atoms with Crippen molar-refractivity contribution in [1.82, 2.24) is 9.99 Å². The number of ether oxygens (including phenoxy) is 3. The van der Waals surface area contributed by atoms with Crippen molar-refractivity contribution in [3.8, 4) is 17.2 Å². The molecule has 142 valence electrons. The molecule has 0 saturated carbocycles. The molecule has 3 aromatic rings. The molecule has 2 aromatic carbocycles. The van der Waals surface area contributed by atoms with E-state index in [4.69, 9.17) is 14.2 Å². The number of hydrogen-bond donors (Lipinski definition) is 1. The number of nitrogens with one attached hydrogen (secondary N) is 1. The van der Waals surface area contributed by atoms with Crippen molar-refractivity contribution in [2.45, 2.75) is 13.5 Å². The minimum atomic E-state index is 0.541. The summed E-state index contributed by atoms with van der Waals surface area (Å²) >= 11 is 0. The fourth-order valence-corrected chi connectivity index (χ4v) is 3.30. The van der Waals surface area contributed by atoms with Gasteiger partial charge in [0.15, 0.2) is 11.5 Å². The summed E-state index contributed by atoms with van der Waals surface area (Å²) < 4.78 is 18.8. The quantitative estimate of drug-likeness (QED) is 0.511. The monoisotopic (exact) mass is 367 g/mol. The highest BCUT2D eigenvalue weighted by Gasteiger charge is 2.21. The van der Waals surface area contributed by atoms with Crippen LogP contribution in [0.1, 0.15) is 18.1 Å². The number of hydrazone groups is 1. The number of nitrogens with zero attached hydrogens (tertiary/aromatic N) is 2. The number of benzene rings is 2. The Morgan fingerprint density at radius 2 is 1.78 bits per heavy atom. The lowest BCUT2D eigenvalue weighted by Gasteiger charge is -2.17. The maximum atomic E-state index is 5.65.